The molecule has 0 bridgehead atoms. The van der Waals surface area contributed by atoms with Crippen LogP contribution >= 0.6 is 0 Å². The molecule has 1 N–H and O–H groups in total. The quantitative estimate of drug-likeness (QED) is 0.824. The normalized spacial score (nSPS) is 20.3. The van der Waals surface area contributed by atoms with Crippen molar-refractivity contribution in [1.82, 2.24) is 5.32 Å². The van der Waals surface area contributed by atoms with Crippen molar-refractivity contribution in [2.24, 2.45) is 0 Å². The first-order valence-electron chi connectivity index (χ1n) is 7.27. The van der Waals surface area contributed by atoms with Crippen molar-refractivity contribution >= 4 is 0 Å². The highest BCUT2D eigenvalue weighted by Gasteiger charge is 2.40. The van der Waals surface area contributed by atoms with Gasteiger partial charge in [0.2, 0.25) is 0 Å². The fourth-order valence-corrected chi connectivity index (χ4v) is 2.93. The minimum Gasteiger partial charge on any atom is -0.472 e. The molecule has 1 aromatic heterocycles. The molecule has 19 heavy (non-hydrogen) atoms. The second-order valence-corrected chi connectivity index (χ2v) is 5.06. The summed E-state index contributed by atoms with van der Waals surface area (Å²) in [6.07, 6.45) is 6.40. The highest BCUT2D eigenvalue weighted by atomic mass is 16.5. The highest BCUT2D eigenvalue weighted by Crippen LogP contribution is 2.31. The molecule has 4 nitrogen and oxygen atoms in total. The lowest BCUT2D eigenvalue weighted by Crippen LogP contribution is -2.56. The van der Waals surface area contributed by atoms with Crippen LogP contribution in [0.25, 0.3) is 0 Å². The zero-order valence-corrected chi connectivity index (χ0v) is 12.0. The lowest BCUT2D eigenvalue weighted by molar-refractivity contribution is -0.126. The summed E-state index contributed by atoms with van der Waals surface area (Å²) in [5, 5.41) is 3.59. The molecule has 1 aromatic rings. The Balaban J connectivity index is 2.12. The Labute approximate surface area is 115 Å². The minimum atomic E-state index is -0.111. The third-order valence-electron chi connectivity index (χ3n) is 3.88. The van der Waals surface area contributed by atoms with E-state index in [1.54, 1.807) is 6.26 Å². The first-order chi connectivity index (χ1) is 9.30. The Hall–Kier alpha value is -0.840. The van der Waals surface area contributed by atoms with Crippen LogP contribution in [0.5, 0.6) is 0 Å². The number of hydrogen-bond donors (Lipinski definition) is 1. The number of hydrogen-bond acceptors (Lipinski definition) is 4. The largest absolute Gasteiger partial charge is 0.472 e. The van der Waals surface area contributed by atoms with E-state index >= 15 is 0 Å². The maximum Gasteiger partial charge on any atom is 0.0935 e. The molecule has 0 saturated carbocycles. The molecular weight excluding hydrogens is 242 g/mol. The van der Waals surface area contributed by atoms with Crippen LogP contribution in [0.4, 0.5) is 0 Å². The Bertz CT molecular complexity index is 339. The van der Waals surface area contributed by atoms with Gasteiger partial charge in [-0.15, -0.1) is 0 Å². The number of nitrogens with one attached hydrogen (secondary N) is 1. The van der Waals surface area contributed by atoms with Crippen molar-refractivity contribution in [3.8, 4) is 0 Å². The minimum absolute atomic E-state index is 0.111. The van der Waals surface area contributed by atoms with Gasteiger partial charge in [0.25, 0.3) is 0 Å². The Morgan fingerprint density at radius 1 is 1.37 bits per heavy atom. The van der Waals surface area contributed by atoms with Gasteiger partial charge in [0.15, 0.2) is 0 Å². The first kappa shape index (κ1) is 14.6. The molecule has 2 heterocycles. The smallest absolute Gasteiger partial charge is 0.0935 e. The van der Waals surface area contributed by atoms with Gasteiger partial charge in [0, 0.05) is 38.7 Å². The SMILES string of the molecule is CCNC(Cc1ccoc1)C1(OCC)CCOCC1. The fourth-order valence-electron chi connectivity index (χ4n) is 2.93. The Morgan fingerprint density at radius 2 is 2.16 bits per heavy atom. The molecule has 108 valence electrons. The summed E-state index contributed by atoms with van der Waals surface area (Å²) in [5.74, 6) is 0. The van der Waals surface area contributed by atoms with Crippen molar-refractivity contribution in [2.75, 3.05) is 26.4 Å². The summed E-state index contributed by atoms with van der Waals surface area (Å²) in [4.78, 5) is 0. The van der Waals surface area contributed by atoms with Crippen LogP contribution in [0.15, 0.2) is 23.0 Å². The lowest BCUT2D eigenvalue weighted by Gasteiger charge is -2.43. The molecule has 1 saturated heterocycles. The van der Waals surface area contributed by atoms with E-state index in [1.165, 1.54) is 5.56 Å². The molecule has 0 radical (unpaired) electrons. The van der Waals surface area contributed by atoms with Gasteiger partial charge in [0.1, 0.15) is 0 Å². The molecule has 1 unspecified atom stereocenters. The van der Waals surface area contributed by atoms with Crippen LogP contribution < -0.4 is 5.32 Å². The number of furan rings is 1. The summed E-state index contributed by atoms with van der Waals surface area (Å²) in [7, 11) is 0. The second-order valence-electron chi connectivity index (χ2n) is 5.06. The van der Waals surface area contributed by atoms with Crippen molar-refractivity contribution in [2.45, 2.75) is 44.8 Å². The zero-order valence-electron chi connectivity index (χ0n) is 12.0. The van der Waals surface area contributed by atoms with Gasteiger partial charge in [-0.3, -0.25) is 0 Å². The van der Waals surface area contributed by atoms with Crippen molar-refractivity contribution in [3.63, 3.8) is 0 Å². The molecule has 0 aliphatic carbocycles. The predicted octanol–water partition coefficient (Wildman–Crippen LogP) is 2.39. The molecule has 1 aliphatic heterocycles. The van der Waals surface area contributed by atoms with Gasteiger partial charge in [-0.25, -0.2) is 0 Å². The van der Waals surface area contributed by atoms with Crippen molar-refractivity contribution < 1.29 is 13.9 Å². The van der Waals surface area contributed by atoms with Gasteiger partial charge in [-0.1, -0.05) is 6.92 Å². The van der Waals surface area contributed by atoms with Gasteiger partial charge in [-0.2, -0.15) is 0 Å². The average molecular weight is 267 g/mol. The molecule has 4 heteroatoms. The molecule has 0 spiro atoms. The molecule has 1 fully saturated rings. The van der Waals surface area contributed by atoms with E-state index < -0.39 is 0 Å². The van der Waals surface area contributed by atoms with Crippen LogP contribution in [-0.2, 0) is 15.9 Å². The van der Waals surface area contributed by atoms with E-state index in [4.69, 9.17) is 13.9 Å². The molecule has 1 atom stereocenters. The summed E-state index contributed by atoms with van der Waals surface area (Å²) in [6, 6.07) is 2.34. The third kappa shape index (κ3) is 3.59. The first-order valence-corrected chi connectivity index (χ1v) is 7.27. The van der Waals surface area contributed by atoms with Gasteiger partial charge in [0.05, 0.1) is 18.1 Å². The van der Waals surface area contributed by atoms with Crippen molar-refractivity contribution in [3.05, 3.63) is 24.2 Å². The fraction of sp³-hybridized carbons (Fsp3) is 0.733. The van der Waals surface area contributed by atoms with Crippen LogP contribution in [0.2, 0.25) is 0 Å². The molecule has 2 rings (SSSR count). The maximum atomic E-state index is 6.16. The summed E-state index contributed by atoms with van der Waals surface area (Å²) in [6.45, 7) is 7.46. The summed E-state index contributed by atoms with van der Waals surface area (Å²) < 4.78 is 16.8. The zero-order chi connectivity index (χ0) is 13.6. The summed E-state index contributed by atoms with van der Waals surface area (Å²) in [5.41, 5.74) is 1.11. The summed E-state index contributed by atoms with van der Waals surface area (Å²) >= 11 is 0. The van der Waals surface area contributed by atoms with E-state index in [2.05, 4.69) is 19.2 Å². The monoisotopic (exact) mass is 267 g/mol. The van der Waals surface area contributed by atoms with Crippen LogP contribution in [0, 0.1) is 0 Å². The number of likely N-dealkylation sites (N-methyl/N-ethyl adjacent to an activating group) is 1. The van der Waals surface area contributed by atoms with E-state index in [1.807, 2.05) is 12.3 Å². The molecule has 0 amide bonds. The molecular formula is C15H25NO3. The number of ether oxygens (including phenoxy) is 2. The third-order valence-corrected chi connectivity index (χ3v) is 3.88. The average Bonchev–Trinajstić information content (AvgIpc) is 2.93. The van der Waals surface area contributed by atoms with Gasteiger partial charge in [-0.05, 0) is 31.5 Å². The van der Waals surface area contributed by atoms with Gasteiger partial charge < -0.3 is 19.2 Å². The van der Waals surface area contributed by atoms with Gasteiger partial charge >= 0.3 is 0 Å². The Kier molecular flexibility index (Phi) is 5.43. The van der Waals surface area contributed by atoms with E-state index in [0.29, 0.717) is 6.04 Å². The topological polar surface area (TPSA) is 43.6 Å². The van der Waals surface area contributed by atoms with Crippen molar-refractivity contribution in [1.29, 1.82) is 0 Å². The molecule has 1 aliphatic rings. The lowest BCUT2D eigenvalue weighted by atomic mass is 9.83. The highest BCUT2D eigenvalue weighted by molar-refractivity contribution is 5.11. The van der Waals surface area contributed by atoms with E-state index in [-0.39, 0.29) is 5.60 Å². The molecule has 0 aromatic carbocycles. The predicted molar refractivity (Wildman–Crippen MR) is 74.3 cm³/mol. The van der Waals surface area contributed by atoms with E-state index in [9.17, 15) is 0 Å². The van der Waals surface area contributed by atoms with Crippen LogP contribution in [0.1, 0.15) is 32.3 Å². The van der Waals surface area contributed by atoms with Crippen LogP contribution in [0.3, 0.4) is 0 Å². The van der Waals surface area contributed by atoms with E-state index in [0.717, 1.165) is 45.6 Å². The standard InChI is InChI=1S/C15H25NO3/c1-3-16-14(11-13-5-8-18-12-13)15(19-4-2)6-9-17-10-7-15/h5,8,12,14,16H,3-4,6-7,9-11H2,1-2H3. The number of rotatable bonds is 7. The second kappa shape index (κ2) is 7.08. The van der Waals surface area contributed by atoms with Crippen LogP contribution in [-0.4, -0.2) is 38.0 Å². The Morgan fingerprint density at radius 3 is 2.74 bits per heavy atom. The maximum absolute atomic E-state index is 6.16.